The van der Waals surface area contributed by atoms with Crippen molar-refractivity contribution < 1.29 is 23.7 Å². The molecule has 3 rings (SSSR count). The summed E-state index contributed by atoms with van der Waals surface area (Å²) in [5, 5.41) is 0. The topological polar surface area (TPSA) is 46.2 Å². The van der Waals surface area contributed by atoms with Gasteiger partial charge in [-0.25, -0.2) is 0 Å². The fraction of sp³-hybridized carbons (Fsp3) is 0.478. The maximum absolute atomic E-state index is 6.06. The third kappa shape index (κ3) is 4.66. The number of ether oxygens (including phenoxy) is 5. The molecule has 0 N–H and O–H groups in total. The number of methoxy groups -OCH3 is 2. The monoisotopic (exact) mass is 386 g/mol. The Kier molecular flexibility index (Phi) is 6.94. The van der Waals surface area contributed by atoms with E-state index in [9.17, 15) is 0 Å². The van der Waals surface area contributed by atoms with Gasteiger partial charge in [0.05, 0.1) is 12.2 Å². The zero-order chi connectivity index (χ0) is 20.0. The van der Waals surface area contributed by atoms with E-state index in [1.54, 1.807) is 14.2 Å². The SMILES string of the molecule is COCOc1ccc(C2(c3ccc(OCOC)cc3)CC(C)OC(C)C2)cc1. The van der Waals surface area contributed by atoms with Crippen LogP contribution in [0.1, 0.15) is 37.8 Å². The molecule has 1 aliphatic rings. The first-order valence-corrected chi connectivity index (χ1v) is 9.67. The number of benzene rings is 2. The molecular formula is C23H30O5. The second-order valence-electron chi connectivity index (χ2n) is 7.40. The van der Waals surface area contributed by atoms with Crippen molar-refractivity contribution in [3.05, 3.63) is 59.7 Å². The van der Waals surface area contributed by atoms with E-state index in [0.717, 1.165) is 24.3 Å². The van der Waals surface area contributed by atoms with Gasteiger partial charge >= 0.3 is 0 Å². The largest absolute Gasteiger partial charge is 0.468 e. The molecule has 152 valence electrons. The molecule has 0 bridgehead atoms. The van der Waals surface area contributed by atoms with Crippen LogP contribution in [0.2, 0.25) is 0 Å². The maximum atomic E-state index is 6.06. The van der Waals surface area contributed by atoms with E-state index in [-0.39, 0.29) is 31.2 Å². The smallest absolute Gasteiger partial charge is 0.188 e. The van der Waals surface area contributed by atoms with Crippen LogP contribution in [0.4, 0.5) is 0 Å². The standard InChI is InChI=1S/C23H30O5/c1-17-13-23(14-18(2)28-17,19-5-9-21(10-6-19)26-15-24-3)20-7-11-22(12-8-20)27-16-25-4/h5-12,17-18H,13-16H2,1-4H3. The molecule has 0 amide bonds. The molecule has 2 atom stereocenters. The molecule has 0 saturated carbocycles. The van der Waals surface area contributed by atoms with E-state index >= 15 is 0 Å². The summed E-state index contributed by atoms with van der Waals surface area (Å²) in [6.07, 6.45) is 2.21. The summed E-state index contributed by atoms with van der Waals surface area (Å²) >= 11 is 0. The summed E-state index contributed by atoms with van der Waals surface area (Å²) in [6, 6.07) is 16.7. The van der Waals surface area contributed by atoms with E-state index in [0.29, 0.717) is 0 Å². The Morgan fingerprint density at radius 3 is 1.50 bits per heavy atom. The van der Waals surface area contributed by atoms with Gasteiger partial charge in [0.15, 0.2) is 13.6 Å². The predicted molar refractivity (Wildman–Crippen MR) is 108 cm³/mol. The third-order valence-electron chi connectivity index (χ3n) is 5.24. The molecule has 5 heteroatoms. The van der Waals surface area contributed by atoms with Crippen molar-refractivity contribution in [3.8, 4) is 11.5 Å². The van der Waals surface area contributed by atoms with Crippen molar-refractivity contribution in [2.45, 2.75) is 44.3 Å². The number of hydrogen-bond acceptors (Lipinski definition) is 5. The minimum Gasteiger partial charge on any atom is -0.468 e. The van der Waals surface area contributed by atoms with E-state index in [1.165, 1.54) is 11.1 Å². The Balaban J connectivity index is 1.94. The Bertz CT molecular complexity index is 662. The van der Waals surface area contributed by atoms with Gasteiger partial charge in [-0.15, -0.1) is 0 Å². The van der Waals surface area contributed by atoms with Crippen molar-refractivity contribution >= 4 is 0 Å². The van der Waals surface area contributed by atoms with Gasteiger partial charge < -0.3 is 23.7 Å². The van der Waals surface area contributed by atoms with Crippen LogP contribution in [-0.2, 0) is 19.6 Å². The third-order valence-corrected chi connectivity index (χ3v) is 5.24. The quantitative estimate of drug-likeness (QED) is 0.624. The molecule has 1 saturated heterocycles. The summed E-state index contributed by atoms with van der Waals surface area (Å²) in [4.78, 5) is 0. The van der Waals surface area contributed by atoms with Crippen molar-refractivity contribution in [1.29, 1.82) is 0 Å². The van der Waals surface area contributed by atoms with Crippen molar-refractivity contribution in [2.75, 3.05) is 27.8 Å². The molecule has 0 radical (unpaired) electrons. The molecule has 5 nitrogen and oxygen atoms in total. The highest BCUT2D eigenvalue weighted by atomic mass is 16.7. The van der Waals surface area contributed by atoms with E-state index in [1.807, 2.05) is 24.3 Å². The van der Waals surface area contributed by atoms with Crippen LogP contribution in [0, 0.1) is 0 Å². The van der Waals surface area contributed by atoms with Crippen LogP contribution in [0.3, 0.4) is 0 Å². The van der Waals surface area contributed by atoms with Crippen molar-refractivity contribution in [2.24, 2.45) is 0 Å². The van der Waals surface area contributed by atoms with Gasteiger partial charge in [0.25, 0.3) is 0 Å². The van der Waals surface area contributed by atoms with E-state index < -0.39 is 0 Å². The van der Waals surface area contributed by atoms with Crippen LogP contribution in [0.15, 0.2) is 48.5 Å². The molecule has 1 fully saturated rings. The molecule has 28 heavy (non-hydrogen) atoms. The second kappa shape index (κ2) is 9.41. The number of hydrogen-bond donors (Lipinski definition) is 0. The average molecular weight is 386 g/mol. The molecule has 2 unspecified atom stereocenters. The van der Waals surface area contributed by atoms with Crippen LogP contribution < -0.4 is 9.47 Å². The second-order valence-corrected chi connectivity index (χ2v) is 7.40. The first kappa shape index (κ1) is 20.6. The lowest BCUT2D eigenvalue weighted by molar-refractivity contribution is -0.0544. The Morgan fingerprint density at radius 2 is 1.14 bits per heavy atom. The normalized spacial score (nSPS) is 21.3. The van der Waals surface area contributed by atoms with Crippen LogP contribution in [0.25, 0.3) is 0 Å². The minimum atomic E-state index is -0.114. The first-order chi connectivity index (χ1) is 13.6. The summed E-state index contributed by atoms with van der Waals surface area (Å²) < 4.78 is 27.1. The van der Waals surface area contributed by atoms with Crippen LogP contribution >= 0.6 is 0 Å². The van der Waals surface area contributed by atoms with Crippen molar-refractivity contribution in [1.82, 2.24) is 0 Å². The predicted octanol–water partition coefficient (Wildman–Crippen LogP) is 4.53. The highest BCUT2D eigenvalue weighted by Gasteiger charge is 2.41. The molecular weight excluding hydrogens is 356 g/mol. The van der Waals surface area contributed by atoms with E-state index in [4.69, 9.17) is 23.7 Å². The molecule has 2 aromatic rings. The highest BCUT2D eigenvalue weighted by Crippen LogP contribution is 2.45. The Labute approximate surface area is 167 Å². The fourth-order valence-corrected chi connectivity index (χ4v) is 4.19. The van der Waals surface area contributed by atoms with Crippen LogP contribution in [-0.4, -0.2) is 40.0 Å². The minimum absolute atomic E-state index is 0.114. The molecule has 0 aromatic heterocycles. The van der Waals surface area contributed by atoms with Gasteiger partial charge in [0.1, 0.15) is 11.5 Å². The molecule has 0 aliphatic carbocycles. The fourth-order valence-electron chi connectivity index (χ4n) is 4.19. The van der Waals surface area contributed by atoms with Gasteiger partial charge in [-0.05, 0) is 62.1 Å². The van der Waals surface area contributed by atoms with Crippen LogP contribution in [0.5, 0.6) is 11.5 Å². The lowest BCUT2D eigenvalue weighted by Crippen LogP contribution is -2.42. The Morgan fingerprint density at radius 1 is 0.750 bits per heavy atom. The summed E-state index contributed by atoms with van der Waals surface area (Å²) in [5.41, 5.74) is 2.42. The lowest BCUT2D eigenvalue weighted by Gasteiger charge is -2.44. The average Bonchev–Trinajstić information content (AvgIpc) is 2.70. The Hall–Kier alpha value is -2.08. The zero-order valence-corrected chi connectivity index (χ0v) is 17.1. The highest BCUT2D eigenvalue weighted by molar-refractivity contribution is 5.44. The molecule has 1 aliphatic heterocycles. The van der Waals surface area contributed by atoms with E-state index in [2.05, 4.69) is 38.1 Å². The van der Waals surface area contributed by atoms with Crippen molar-refractivity contribution in [3.63, 3.8) is 0 Å². The zero-order valence-electron chi connectivity index (χ0n) is 17.1. The summed E-state index contributed by atoms with van der Waals surface area (Å²) in [5.74, 6) is 1.61. The van der Waals surface area contributed by atoms with Gasteiger partial charge in [0.2, 0.25) is 0 Å². The van der Waals surface area contributed by atoms with Gasteiger partial charge in [0, 0.05) is 19.6 Å². The van der Waals surface area contributed by atoms with Gasteiger partial charge in [-0.1, -0.05) is 24.3 Å². The first-order valence-electron chi connectivity index (χ1n) is 9.67. The molecule has 1 heterocycles. The number of rotatable bonds is 8. The molecule has 2 aromatic carbocycles. The molecule has 0 spiro atoms. The summed E-state index contributed by atoms with van der Waals surface area (Å²) in [7, 11) is 3.24. The van der Waals surface area contributed by atoms with Gasteiger partial charge in [-0.3, -0.25) is 0 Å². The maximum Gasteiger partial charge on any atom is 0.188 e. The lowest BCUT2D eigenvalue weighted by atomic mass is 9.66. The summed E-state index contributed by atoms with van der Waals surface area (Å²) in [6.45, 7) is 4.79. The van der Waals surface area contributed by atoms with Gasteiger partial charge in [-0.2, -0.15) is 0 Å².